The zero-order chi connectivity index (χ0) is 11.7. The van der Waals surface area contributed by atoms with E-state index in [9.17, 15) is 8.42 Å². The molecule has 1 atom stereocenters. The number of aliphatic hydroxyl groups is 1. The van der Waals surface area contributed by atoms with Gasteiger partial charge in [0.1, 0.15) is 9.84 Å². The number of sulfone groups is 1. The molecule has 4 nitrogen and oxygen atoms in total. The van der Waals surface area contributed by atoms with Gasteiger partial charge in [0.25, 0.3) is 0 Å². The van der Waals surface area contributed by atoms with Crippen LogP contribution in [0.1, 0.15) is 39.0 Å². The van der Waals surface area contributed by atoms with Crippen molar-refractivity contribution in [3.63, 3.8) is 0 Å². The first kappa shape index (κ1) is 14.9. The average molecular weight is 237 g/mol. The van der Waals surface area contributed by atoms with Gasteiger partial charge in [0, 0.05) is 12.6 Å². The number of hydrogen-bond donors (Lipinski definition) is 2. The molecule has 0 heterocycles. The third-order valence-electron chi connectivity index (χ3n) is 2.25. The Labute approximate surface area is 92.8 Å². The van der Waals surface area contributed by atoms with E-state index in [1.807, 2.05) is 6.92 Å². The molecular formula is C10H23NO3S. The molecule has 0 aromatic carbocycles. The van der Waals surface area contributed by atoms with Crippen LogP contribution in [0.15, 0.2) is 0 Å². The van der Waals surface area contributed by atoms with E-state index in [0.717, 1.165) is 19.3 Å². The van der Waals surface area contributed by atoms with Crippen LogP contribution in [0, 0.1) is 0 Å². The van der Waals surface area contributed by atoms with Gasteiger partial charge in [0.15, 0.2) is 0 Å². The molecule has 0 saturated heterocycles. The van der Waals surface area contributed by atoms with Crippen LogP contribution < -0.4 is 5.73 Å². The lowest BCUT2D eigenvalue weighted by Gasteiger charge is -2.06. The monoisotopic (exact) mass is 237 g/mol. The van der Waals surface area contributed by atoms with Crippen LogP contribution in [0.5, 0.6) is 0 Å². The summed E-state index contributed by atoms with van der Waals surface area (Å²) in [6.45, 7) is 2.01. The molecule has 1 unspecified atom stereocenters. The van der Waals surface area contributed by atoms with Gasteiger partial charge in [-0.1, -0.05) is 12.8 Å². The summed E-state index contributed by atoms with van der Waals surface area (Å²) in [6, 6.07) is -0.0471. The SMILES string of the molecule is CC(N)CCS(=O)(=O)CCCCCCO. The second-order valence-corrected chi connectivity index (χ2v) is 6.36. The first-order chi connectivity index (χ1) is 6.98. The lowest BCUT2D eigenvalue weighted by Crippen LogP contribution is -2.21. The van der Waals surface area contributed by atoms with Crippen LogP contribution in [0.4, 0.5) is 0 Å². The molecule has 5 heteroatoms. The van der Waals surface area contributed by atoms with Crippen LogP contribution in [0.2, 0.25) is 0 Å². The number of nitrogens with two attached hydrogens (primary N) is 1. The maximum atomic E-state index is 11.5. The Morgan fingerprint density at radius 3 is 2.27 bits per heavy atom. The fraction of sp³-hybridized carbons (Fsp3) is 1.00. The normalized spacial score (nSPS) is 14.1. The molecule has 3 N–H and O–H groups in total. The third kappa shape index (κ3) is 10.2. The molecule has 0 amide bonds. The van der Waals surface area contributed by atoms with Crippen LogP contribution in [0.3, 0.4) is 0 Å². The topological polar surface area (TPSA) is 80.4 Å². The van der Waals surface area contributed by atoms with E-state index in [2.05, 4.69) is 0 Å². The van der Waals surface area contributed by atoms with Gasteiger partial charge in [-0.05, 0) is 26.2 Å². The van der Waals surface area contributed by atoms with Gasteiger partial charge in [-0.2, -0.15) is 0 Å². The summed E-state index contributed by atoms with van der Waals surface area (Å²) < 4.78 is 22.9. The highest BCUT2D eigenvalue weighted by atomic mass is 32.2. The fourth-order valence-corrected chi connectivity index (χ4v) is 2.83. The molecule has 0 saturated carbocycles. The predicted molar refractivity (Wildman–Crippen MR) is 62.5 cm³/mol. The molecule has 0 aromatic heterocycles. The minimum atomic E-state index is -2.91. The molecule has 0 aliphatic heterocycles. The predicted octanol–water partition coefficient (Wildman–Crippen LogP) is 0.691. The summed E-state index contributed by atoms with van der Waals surface area (Å²) in [6.07, 6.45) is 3.78. The highest BCUT2D eigenvalue weighted by Crippen LogP contribution is 2.04. The Morgan fingerprint density at radius 2 is 1.73 bits per heavy atom. The second kappa shape index (κ2) is 8.07. The maximum absolute atomic E-state index is 11.5. The Kier molecular flexibility index (Phi) is 8.00. The van der Waals surface area contributed by atoms with Gasteiger partial charge >= 0.3 is 0 Å². The van der Waals surface area contributed by atoms with Crippen LogP contribution in [0.25, 0.3) is 0 Å². The summed E-state index contributed by atoms with van der Waals surface area (Å²) in [4.78, 5) is 0. The van der Waals surface area contributed by atoms with E-state index in [1.54, 1.807) is 0 Å². The zero-order valence-electron chi connectivity index (χ0n) is 9.48. The van der Waals surface area contributed by atoms with Crippen molar-refractivity contribution in [3.05, 3.63) is 0 Å². The summed E-state index contributed by atoms with van der Waals surface area (Å²) in [5.74, 6) is 0.454. The van der Waals surface area contributed by atoms with Crippen molar-refractivity contribution in [1.29, 1.82) is 0 Å². The first-order valence-corrected chi connectivity index (χ1v) is 7.37. The van der Waals surface area contributed by atoms with Crippen molar-refractivity contribution in [3.8, 4) is 0 Å². The second-order valence-electron chi connectivity index (χ2n) is 4.06. The molecule has 0 rings (SSSR count). The molecule has 0 radical (unpaired) electrons. The Bertz CT molecular complexity index is 237. The first-order valence-electron chi connectivity index (χ1n) is 5.55. The minimum Gasteiger partial charge on any atom is -0.396 e. The largest absolute Gasteiger partial charge is 0.396 e. The van der Waals surface area contributed by atoms with Gasteiger partial charge in [-0.3, -0.25) is 0 Å². The van der Waals surface area contributed by atoms with Crippen molar-refractivity contribution < 1.29 is 13.5 Å². The molecular weight excluding hydrogens is 214 g/mol. The van der Waals surface area contributed by atoms with E-state index in [1.165, 1.54) is 0 Å². The Hall–Kier alpha value is -0.130. The number of unbranched alkanes of at least 4 members (excludes halogenated alkanes) is 3. The van der Waals surface area contributed by atoms with Gasteiger partial charge < -0.3 is 10.8 Å². The standard InChI is InChI=1S/C10H23NO3S/c1-10(11)6-9-15(13,14)8-5-3-2-4-7-12/h10,12H,2-9,11H2,1H3. The van der Waals surface area contributed by atoms with Crippen molar-refractivity contribution >= 4 is 9.84 Å². The van der Waals surface area contributed by atoms with E-state index in [4.69, 9.17) is 10.8 Å². The van der Waals surface area contributed by atoms with E-state index < -0.39 is 9.84 Å². The molecule has 0 aliphatic carbocycles. The van der Waals surface area contributed by atoms with Crippen molar-refractivity contribution in [2.24, 2.45) is 5.73 Å². The molecule has 15 heavy (non-hydrogen) atoms. The van der Waals surface area contributed by atoms with E-state index in [-0.39, 0.29) is 24.2 Å². The van der Waals surface area contributed by atoms with E-state index >= 15 is 0 Å². The zero-order valence-corrected chi connectivity index (χ0v) is 10.3. The molecule has 92 valence electrons. The van der Waals surface area contributed by atoms with Crippen LogP contribution >= 0.6 is 0 Å². The maximum Gasteiger partial charge on any atom is 0.150 e. The molecule has 0 spiro atoms. The van der Waals surface area contributed by atoms with Gasteiger partial charge in [0.05, 0.1) is 11.5 Å². The van der Waals surface area contributed by atoms with Crippen molar-refractivity contribution in [1.82, 2.24) is 0 Å². The minimum absolute atomic E-state index is 0.0471. The van der Waals surface area contributed by atoms with Gasteiger partial charge in [0.2, 0.25) is 0 Å². The highest BCUT2D eigenvalue weighted by Gasteiger charge is 2.10. The fourth-order valence-electron chi connectivity index (χ4n) is 1.25. The van der Waals surface area contributed by atoms with Crippen molar-refractivity contribution in [2.75, 3.05) is 18.1 Å². The molecule has 0 fully saturated rings. The Morgan fingerprint density at radius 1 is 1.13 bits per heavy atom. The number of aliphatic hydroxyl groups excluding tert-OH is 1. The quantitative estimate of drug-likeness (QED) is 0.578. The number of hydrogen-bond acceptors (Lipinski definition) is 4. The molecule has 0 aromatic rings. The summed E-state index contributed by atoms with van der Waals surface area (Å²) in [7, 11) is -2.91. The Balaban J connectivity index is 3.56. The van der Waals surface area contributed by atoms with Crippen molar-refractivity contribution in [2.45, 2.75) is 45.1 Å². The lowest BCUT2D eigenvalue weighted by atomic mass is 10.2. The number of rotatable bonds is 9. The smallest absolute Gasteiger partial charge is 0.150 e. The average Bonchev–Trinajstić information content (AvgIpc) is 2.15. The van der Waals surface area contributed by atoms with Crippen LogP contribution in [-0.4, -0.2) is 37.7 Å². The van der Waals surface area contributed by atoms with E-state index in [0.29, 0.717) is 12.8 Å². The molecule has 0 aliphatic rings. The van der Waals surface area contributed by atoms with Crippen LogP contribution in [-0.2, 0) is 9.84 Å². The van der Waals surface area contributed by atoms with Gasteiger partial charge in [-0.15, -0.1) is 0 Å². The highest BCUT2D eigenvalue weighted by molar-refractivity contribution is 7.91. The summed E-state index contributed by atoms with van der Waals surface area (Å²) in [5, 5.41) is 8.54. The lowest BCUT2D eigenvalue weighted by molar-refractivity contribution is 0.283. The summed E-state index contributed by atoms with van der Waals surface area (Å²) in [5.41, 5.74) is 5.50. The van der Waals surface area contributed by atoms with Gasteiger partial charge in [-0.25, -0.2) is 8.42 Å². The third-order valence-corrected chi connectivity index (χ3v) is 4.02. The summed E-state index contributed by atoms with van der Waals surface area (Å²) >= 11 is 0. The molecule has 0 bridgehead atoms.